The third-order valence-electron chi connectivity index (χ3n) is 2.66. The van der Waals surface area contributed by atoms with Crippen molar-refractivity contribution in [2.45, 2.75) is 0 Å². The number of likely N-dealkylation sites (N-methyl/N-ethyl adjacent to an activating group) is 1. The first kappa shape index (κ1) is 11.4. The average molecular weight is 237 g/mol. The molecule has 2 rings (SSSR count). The molecule has 2 amide bonds. The normalized spacial score (nSPS) is 16.6. The van der Waals surface area contributed by atoms with Crippen molar-refractivity contribution in [3.8, 4) is 0 Å². The number of piperazine rings is 1. The average Bonchev–Trinajstić information content (AvgIpc) is 2.24. The molecule has 0 aromatic heterocycles. The van der Waals surface area contributed by atoms with Gasteiger partial charge in [0, 0.05) is 12.7 Å². The summed E-state index contributed by atoms with van der Waals surface area (Å²) in [7, 11) is 1.54. The number of nitrogen functional groups attached to an aromatic ring is 1. The van der Waals surface area contributed by atoms with Crippen molar-refractivity contribution in [2.24, 2.45) is 0 Å². The van der Waals surface area contributed by atoms with Gasteiger partial charge in [-0.15, -0.1) is 0 Å². The molecule has 1 aromatic rings. The Morgan fingerprint density at radius 3 is 2.59 bits per heavy atom. The number of anilines is 2. The summed E-state index contributed by atoms with van der Waals surface area (Å²) in [5.41, 5.74) is 5.79. The molecule has 2 N–H and O–H groups in total. The first-order chi connectivity index (χ1) is 7.99. The maximum atomic E-state index is 13.6. The second kappa shape index (κ2) is 4.04. The molecule has 0 unspecified atom stereocenters. The van der Waals surface area contributed by atoms with Gasteiger partial charge in [-0.25, -0.2) is 4.39 Å². The zero-order chi connectivity index (χ0) is 12.6. The first-order valence-corrected chi connectivity index (χ1v) is 5.08. The minimum atomic E-state index is -0.601. The maximum absolute atomic E-state index is 13.6. The summed E-state index contributed by atoms with van der Waals surface area (Å²) in [6.45, 7) is -0.182. The zero-order valence-electron chi connectivity index (χ0n) is 9.31. The lowest BCUT2D eigenvalue weighted by Gasteiger charge is -2.31. The number of nitrogens with two attached hydrogens (primary N) is 1. The smallest absolute Gasteiger partial charge is 0.247 e. The van der Waals surface area contributed by atoms with Gasteiger partial charge in [-0.2, -0.15) is 0 Å². The van der Waals surface area contributed by atoms with E-state index in [-0.39, 0.29) is 36.3 Å². The van der Waals surface area contributed by atoms with Crippen LogP contribution in [0.3, 0.4) is 0 Å². The SMILES string of the molecule is CN1CC(=O)N(c2ccc(N)cc2F)CC1=O. The summed E-state index contributed by atoms with van der Waals surface area (Å²) in [5, 5.41) is 0. The number of carbonyl (C=O) groups is 2. The number of carbonyl (C=O) groups excluding carboxylic acids is 2. The summed E-state index contributed by atoms with van der Waals surface area (Å²) in [5.74, 6) is -1.13. The second-order valence-electron chi connectivity index (χ2n) is 3.94. The Hall–Kier alpha value is -2.11. The molecule has 0 aliphatic carbocycles. The van der Waals surface area contributed by atoms with Crippen molar-refractivity contribution in [2.75, 3.05) is 30.8 Å². The van der Waals surface area contributed by atoms with Crippen LogP contribution in [-0.4, -0.2) is 36.9 Å². The van der Waals surface area contributed by atoms with E-state index in [0.717, 1.165) is 11.0 Å². The van der Waals surface area contributed by atoms with Gasteiger partial charge in [-0.05, 0) is 18.2 Å². The van der Waals surface area contributed by atoms with Gasteiger partial charge in [0.2, 0.25) is 11.8 Å². The van der Waals surface area contributed by atoms with Crippen LogP contribution in [0, 0.1) is 5.82 Å². The third kappa shape index (κ3) is 2.06. The number of nitrogens with zero attached hydrogens (tertiary/aromatic N) is 2. The monoisotopic (exact) mass is 237 g/mol. The molecular weight excluding hydrogens is 225 g/mol. The van der Waals surface area contributed by atoms with Crippen LogP contribution < -0.4 is 10.6 Å². The van der Waals surface area contributed by atoms with Crippen LogP contribution in [0.5, 0.6) is 0 Å². The van der Waals surface area contributed by atoms with Crippen molar-refractivity contribution in [3.05, 3.63) is 24.0 Å². The Morgan fingerprint density at radius 2 is 1.94 bits per heavy atom. The van der Waals surface area contributed by atoms with Gasteiger partial charge in [0.1, 0.15) is 12.4 Å². The molecule has 0 radical (unpaired) electrons. The van der Waals surface area contributed by atoms with Crippen LogP contribution in [0.2, 0.25) is 0 Å². The molecule has 0 spiro atoms. The molecule has 90 valence electrons. The fourth-order valence-electron chi connectivity index (χ4n) is 1.68. The van der Waals surface area contributed by atoms with Gasteiger partial charge < -0.3 is 10.6 Å². The zero-order valence-corrected chi connectivity index (χ0v) is 9.31. The fourth-order valence-corrected chi connectivity index (χ4v) is 1.68. The van der Waals surface area contributed by atoms with Crippen molar-refractivity contribution in [3.63, 3.8) is 0 Å². The van der Waals surface area contributed by atoms with Gasteiger partial charge in [-0.3, -0.25) is 14.5 Å². The predicted molar refractivity (Wildman–Crippen MR) is 60.8 cm³/mol. The Bertz CT molecular complexity index is 490. The van der Waals surface area contributed by atoms with Crippen LogP contribution in [0.4, 0.5) is 15.8 Å². The Kier molecular flexibility index (Phi) is 2.71. The molecule has 1 aromatic carbocycles. The predicted octanol–water partition coefficient (Wildman–Crippen LogP) is 0.213. The van der Waals surface area contributed by atoms with Gasteiger partial charge in [0.05, 0.1) is 12.2 Å². The summed E-state index contributed by atoms with van der Waals surface area (Å²) in [6.07, 6.45) is 0. The van der Waals surface area contributed by atoms with Gasteiger partial charge in [-0.1, -0.05) is 0 Å². The summed E-state index contributed by atoms with van der Waals surface area (Å²) in [6, 6.07) is 4.03. The molecule has 5 nitrogen and oxygen atoms in total. The third-order valence-corrected chi connectivity index (χ3v) is 2.66. The minimum Gasteiger partial charge on any atom is -0.399 e. The van der Waals surface area contributed by atoms with Crippen molar-refractivity contribution >= 4 is 23.2 Å². The highest BCUT2D eigenvalue weighted by Gasteiger charge is 2.29. The highest BCUT2D eigenvalue weighted by Crippen LogP contribution is 2.23. The molecule has 1 aliphatic heterocycles. The summed E-state index contributed by atoms with van der Waals surface area (Å²) < 4.78 is 13.6. The molecule has 1 aliphatic rings. The summed E-state index contributed by atoms with van der Waals surface area (Å²) in [4.78, 5) is 25.7. The van der Waals surface area contributed by atoms with E-state index in [1.807, 2.05) is 0 Å². The van der Waals surface area contributed by atoms with Gasteiger partial charge in [0.25, 0.3) is 0 Å². The highest BCUT2D eigenvalue weighted by molar-refractivity contribution is 6.04. The summed E-state index contributed by atoms with van der Waals surface area (Å²) >= 11 is 0. The molecule has 0 bridgehead atoms. The van der Waals surface area contributed by atoms with E-state index in [1.54, 1.807) is 0 Å². The molecule has 6 heteroatoms. The van der Waals surface area contributed by atoms with Crippen LogP contribution >= 0.6 is 0 Å². The number of hydrogen-bond acceptors (Lipinski definition) is 3. The number of halogens is 1. The van der Waals surface area contributed by atoms with Crippen molar-refractivity contribution in [1.82, 2.24) is 4.90 Å². The quantitative estimate of drug-likeness (QED) is 0.710. The molecule has 1 heterocycles. The van der Waals surface area contributed by atoms with Gasteiger partial charge in [0.15, 0.2) is 0 Å². The van der Waals surface area contributed by atoms with Crippen LogP contribution in [0.15, 0.2) is 18.2 Å². The van der Waals surface area contributed by atoms with E-state index in [1.165, 1.54) is 24.1 Å². The van der Waals surface area contributed by atoms with E-state index in [9.17, 15) is 14.0 Å². The highest BCUT2D eigenvalue weighted by atomic mass is 19.1. The molecule has 17 heavy (non-hydrogen) atoms. The molecular formula is C11H12FN3O2. The Morgan fingerprint density at radius 1 is 1.24 bits per heavy atom. The number of rotatable bonds is 1. The Labute approximate surface area is 97.6 Å². The van der Waals surface area contributed by atoms with Crippen molar-refractivity contribution in [1.29, 1.82) is 0 Å². The van der Waals surface area contributed by atoms with E-state index in [4.69, 9.17) is 5.73 Å². The second-order valence-corrected chi connectivity index (χ2v) is 3.94. The maximum Gasteiger partial charge on any atom is 0.247 e. The molecule has 1 fully saturated rings. The van der Waals surface area contributed by atoms with E-state index < -0.39 is 5.82 Å². The number of hydrogen-bond donors (Lipinski definition) is 1. The van der Waals surface area contributed by atoms with Crippen LogP contribution in [-0.2, 0) is 9.59 Å². The lowest BCUT2D eigenvalue weighted by molar-refractivity contribution is -0.136. The van der Waals surface area contributed by atoms with Crippen LogP contribution in [0.25, 0.3) is 0 Å². The standard InChI is InChI=1S/C11H12FN3O2/c1-14-5-11(17)15(6-10(14)16)9-3-2-7(13)4-8(9)12/h2-4H,5-6,13H2,1H3. The lowest BCUT2D eigenvalue weighted by Crippen LogP contribution is -2.52. The topological polar surface area (TPSA) is 66.6 Å². The minimum absolute atomic E-state index is 0.0390. The van der Waals surface area contributed by atoms with E-state index in [0.29, 0.717) is 0 Å². The number of amides is 2. The van der Waals surface area contributed by atoms with E-state index in [2.05, 4.69) is 0 Å². The van der Waals surface area contributed by atoms with E-state index >= 15 is 0 Å². The fraction of sp³-hybridized carbons (Fsp3) is 0.273. The number of benzene rings is 1. The molecule has 0 saturated carbocycles. The van der Waals surface area contributed by atoms with Crippen molar-refractivity contribution < 1.29 is 14.0 Å². The van der Waals surface area contributed by atoms with Crippen LogP contribution in [0.1, 0.15) is 0 Å². The Balaban J connectivity index is 2.33. The lowest BCUT2D eigenvalue weighted by atomic mass is 10.2. The largest absolute Gasteiger partial charge is 0.399 e. The molecule has 1 saturated heterocycles. The van der Waals surface area contributed by atoms with Gasteiger partial charge >= 0.3 is 0 Å². The molecule has 0 atom stereocenters. The first-order valence-electron chi connectivity index (χ1n) is 5.08.